The van der Waals surface area contributed by atoms with Gasteiger partial charge in [-0.3, -0.25) is 0 Å². The number of benzene rings is 1. The van der Waals surface area contributed by atoms with Crippen molar-refractivity contribution in [3.05, 3.63) is 35.1 Å². The fourth-order valence-corrected chi connectivity index (χ4v) is 1.12. The Hall–Kier alpha value is -1.38. The van der Waals surface area contributed by atoms with Gasteiger partial charge in [0, 0.05) is 0 Å². The molecule has 0 atom stereocenters. The Kier molecular flexibility index (Phi) is 3.01. The lowest BCUT2D eigenvalue weighted by molar-refractivity contribution is 0.0595. The van der Waals surface area contributed by atoms with E-state index in [1.165, 1.54) is 13.2 Å². The fraction of sp³-hybridized carbons (Fsp3) is 0.300. The number of carbonyl (C=O) groups is 1. The molecule has 0 aliphatic heterocycles. The first kappa shape index (κ1) is 9.71. The van der Waals surface area contributed by atoms with Gasteiger partial charge >= 0.3 is 5.97 Å². The van der Waals surface area contributed by atoms with E-state index >= 15 is 0 Å². The standard InChI is InChI=1S/C10H11FO2/c1-3-7-5-4-6-8(9(7)11)10(12)13-2/h4-6H,3H2,1-2H3. The first-order valence-corrected chi connectivity index (χ1v) is 4.06. The maximum absolute atomic E-state index is 13.4. The van der Waals surface area contributed by atoms with Crippen LogP contribution in [-0.4, -0.2) is 13.1 Å². The molecule has 0 heterocycles. The Morgan fingerprint density at radius 2 is 2.23 bits per heavy atom. The molecule has 0 bridgehead atoms. The normalized spacial score (nSPS) is 9.77. The second kappa shape index (κ2) is 4.03. The molecule has 70 valence electrons. The lowest BCUT2D eigenvalue weighted by Crippen LogP contribution is -2.06. The quantitative estimate of drug-likeness (QED) is 0.655. The number of esters is 1. The fourth-order valence-electron chi connectivity index (χ4n) is 1.12. The van der Waals surface area contributed by atoms with Crippen molar-refractivity contribution in [1.29, 1.82) is 0 Å². The highest BCUT2D eigenvalue weighted by atomic mass is 19.1. The van der Waals surface area contributed by atoms with Gasteiger partial charge in [0.25, 0.3) is 0 Å². The molecule has 0 N–H and O–H groups in total. The van der Waals surface area contributed by atoms with Gasteiger partial charge in [-0.2, -0.15) is 0 Å². The van der Waals surface area contributed by atoms with Crippen molar-refractivity contribution in [2.75, 3.05) is 7.11 Å². The lowest BCUT2D eigenvalue weighted by atomic mass is 10.1. The van der Waals surface area contributed by atoms with E-state index < -0.39 is 11.8 Å². The summed E-state index contributed by atoms with van der Waals surface area (Å²) in [5.74, 6) is -1.11. The van der Waals surface area contributed by atoms with Gasteiger partial charge < -0.3 is 4.74 Å². The first-order valence-electron chi connectivity index (χ1n) is 4.06. The van der Waals surface area contributed by atoms with Crippen LogP contribution in [0.2, 0.25) is 0 Å². The summed E-state index contributed by atoms with van der Waals surface area (Å²) >= 11 is 0. The number of rotatable bonds is 2. The molecule has 0 spiro atoms. The molecule has 2 nitrogen and oxygen atoms in total. The average Bonchev–Trinajstić information content (AvgIpc) is 2.17. The third kappa shape index (κ3) is 1.86. The highest BCUT2D eigenvalue weighted by molar-refractivity contribution is 5.89. The summed E-state index contributed by atoms with van der Waals surface area (Å²) in [7, 11) is 1.24. The molecule has 0 amide bonds. The Bertz CT molecular complexity index is 321. The van der Waals surface area contributed by atoms with E-state index in [1.54, 1.807) is 12.1 Å². The Morgan fingerprint density at radius 3 is 2.77 bits per heavy atom. The van der Waals surface area contributed by atoms with E-state index in [0.29, 0.717) is 12.0 Å². The van der Waals surface area contributed by atoms with Crippen LogP contribution in [0.3, 0.4) is 0 Å². The largest absolute Gasteiger partial charge is 0.465 e. The minimum Gasteiger partial charge on any atom is -0.465 e. The number of aryl methyl sites for hydroxylation is 1. The number of hydrogen-bond acceptors (Lipinski definition) is 2. The summed E-state index contributed by atoms with van der Waals surface area (Å²) in [5, 5.41) is 0. The minimum absolute atomic E-state index is 0.00171. The summed E-state index contributed by atoms with van der Waals surface area (Å²) in [6, 6.07) is 4.72. The van der Waals surface area contributed by atoms with Crippen LogP contribution in [-0.2, 0) is 11.2 Å². The maximum Gasteiger partial charge on any atom is 0.340 e. The zero-order valence-corrected chi connectivity index (χ0v) is 7.63. The molecule has 0 aliphatic rings. The van der Waals surface area contributed by atoms with E-state index in [2.05, 4.69) is 4.74 Å². The number of ether oxygens (including phenoxy) is 1. The van der Waals surface area contributed by atoms with Crippen molar-refractivity contribution in [3.63, 3.8) is 0 Å². The van der Waals surface area contributed by atoms with E-state index in [0.717, 1.165) is 0 Å². The van der Waals surface area contributed by atoms with Crippen LogP contribution >= 0.6 is 0 Å². The van der Waals surface area contributed by atoms with Gasteiger partial charge in [0.1, 0.15) is 5.82 Å². The molecule has 1 aromatic rings. The van der Waals surface area contributed by atoms with E-state index in [1.807, 2.05) is 6.92 Å². The Morgan fingerprint density at radius 1 is 1.54 bits per heavy atom. The molecule has 0 radical (unpaired) electrons. The summed E-state index contributed by atoms with van der Waals surface area (Å²) in [6.07, 6.45) is 0.566. The lowest BCUT2D eigenvalue weighted by Gasteiger charge is -2.04. The monoisotopic (exact) mass is 182 g/mol. The predicted octanol–water partition coefficient (Wildman–Crippen LogP) is 2.17. The van der Waals surface area contributed by atoms with Crippen LogP contribution in [0, 0.1) is 5.82 Å². The second-order valence-electron chi connectivity index (χ2n) is 2.62. The molecular weight excluding hydrogens is 171 g/mol. The topological polar surface area (TPSA) is 26.3 Å². The molecule has 1 rings (SSSR count). The molecular formula is C10H11FO2. The smallest absolute Gasteiger partial charge is 0.340 e. The van der Waals surface area contributed by atoms with E-state index in [4.69, 9.17) is 0 Å². The summed E-state index contributed by atoms with van der Waals surface area (Å²) < 4.78 is 17.8. The Balaban J connectivity index is 3.15. The van der Waals surface area contributed by atoms with Crippen molar-refractivity contribution in [2.24, 2.45) is 0 Å². The number of hydrogen-bond donors (Lipinski definition) is 0. The third-order valence-electron chi connectivity index (χ3n) is 1.86. The van der Waals surface area contributed by atoms with Crippen LogP contribution in [0.15, 0.2) is 18.2 Å². The highest BCUT2D eigenvalue weighted by Gasteiger charge is 2.13. The summed E-state index contributed by atoms with van der Waals surface area (Å²) in [6.45, 7) is 1.83. The van der Waals surface area contributed by atoms with Crippen LogP contribution in [0.25, 0.3) is 0 Å². The molecule has 0 unspecified atom stereocenters. The van der Waals surface area contributed by atoms with Crippen molar-refractivity contribution in [2.45, 2.75) is 13.3 Å². The summed E-state index contributed by atoms with van der Waals surface area (Å²) in [5.41, 5.74) is 0.532. The highest BCUT2D eigenvalue weighted by Crippen LogP contribution is 2.14. The van der Waals surface area contributed by atoms with Gasteiger partial charge in [-0.1, -0.05) is 19.1 Å². The third-order valence-corrected chi connectivity index (χ3v) is 1.86. The maximum atomic E-state index is 13.4. The minimum atomic E-state index is -0.632. The average molecular weight is 182 g/mol. The van der Waals surface area contributed by atoms with Gasteiger partial charge in [-0.05, 0) is 18.1 Å². The van der Waals surface area contributed by atoms with Crippen molar-refractivity contribution < 1.29 is 13.9 Å². The van der Waals surface area contributed by atoms with Gasteiger partial charge in [0.2, 0.25) is 0 Å². The van der Waals surface area contributed by atoms with Crippen LogP contribution in [0.1, 0.15) is 22.8 Å². The number of carbonyl (C=O) groups excluding carboxylic acids is 1. The van der Waals surface area contributed by atoms with Crippen molar-refractivity contribution in [1.82, 2.24) is 0 Å². The zero-order chi connectivity index (χ0) is 9.84. The molecule has 0 aliphatic carbocycles. The zero-order valence-electron chi connectivity index (χ0n) is 7.63. The number of halogens is 1. The molecule has 0 saturated heterocycles. The van der Waals surface area contributed by atoms with Gasteiger partial charge in [-0.25, -0.2) is 9.18 Å². The Labute approximate surface area is 76.3 Å². The molecule has 0 saturated carbocycles. The van der Waals surface area contributed by atoms with E-state index in [-0.39, 0.29) is 5.56 Å². The van der Waals surface area contributed by atoms with Crippen molar-refractivity contribution >= 4 is 5.97 Å². The van der Waals surface area contributed by atoms with Gasteiger partial charge in [0.05, 0.1) is 12.7 Å². The molecule has 0 fully saturated rings. The molecule has 0 aromatic heterocycles. The molecule has 3 heteroatoms. The van der Waals surface area contributed by atoms with E-state index in [9.17, 15) is 9.18 Å². The van der Waals surface area contributed by atoms with Crippen LogP contribution in [0.5, 0.6) is 0 Å². The summed E-state index contributed by atoms with van der Waals surface area (Å²) in [4.78, 5) is 11.0. The SMILES string of the molecule is CCc1cccc(C(=O)OC)c1F. The number of methoxy groups -OCH3 is 1. The second-order valence-corrected chi connectivity index (χ2v) is 2.62. The predicted molar refractivity (Wildman–Crippen MR) is 47.1 cm³/mol. The van der Waals surface area contributed by atoms with Gasteiger partial charge in [0.15, 0.2) is 0 Å². The molecule has 1 aromatic carbocycles. The first-order chi connectivity index (χ1) is 6.20. The van der Waals surface area contributed by atoms with Crippen molar-refractivity contribution in [3.8, 4) is 0 Å². The van der Waals surface area contributed by atoms with Gasteiger partial charge in [-0.15, -0.1) is 0 Å². The van der Waals surface area contributed by atoms with Crippen LogP contribution in [0.4, 0.5) is 4.39 Å². The molecule has 13 heavy (non-hydrogen) atoms. The van der Waals surface area contributed by atoms with Crippen LogP contribution < -0.4 is 0 Å².